The molecule has 100 valence electrons. The van der Waals surface area contributed by atoms with E-state index in [0.29, 0.717) is 22.3 Å². The Morgan fingerprint density at radius 2 is 2.47 bits per heavy atom. The van der Waals surface area contributed by atoms with Gasteiger partial charge in [0.15, 0.2) is 11.0 Å². The minimum atomic E-state index is -0.278. The van der Waals surface area contributed by atoms with Gasteiger partial charge >= 0.3 is 5.69 Å². The second kappa shape index (κ2) is 5.57. The molecule has 8 nitrogen and oxygen atoms in total. The molecule has 0 aromatic carbocycles. The molecule has 0 aliphatic carbocycles. The van der Waals surface area contributed by atoms with Gasteiger partial charge in [-0.25, -0.2) is 9.89 Å². The quantitative estimate of drug-likeness (QED) is 0.319. The minimum absolute atomic E-state index is 0.0935. The zero-order chi connectivity index (χ0) is 13.8. The van der Waals surface area contributed by atoms with Gasteiger partial charge < -0.3 is 10.9 Å². The van der Waals surface area contributed by atoms with Crippen LogP contribution in [-0.4, -0.2) is 30.8 Å². The van der Waals surface area contributed by atoms with Gasteiger partial charge in [0.05, 0.1) is 0 Å². The first kappa shape index (κ1) is 13.1. The Morgan fingerprint density at radius 1 is 1.68 bits per heavy atom. The zero-order valence-corrected chi connectivity index (χ0v) is 10.9. The number of nitrogens with two attached hydrogens (primary N) is 1. The normalized spacial score (nSPS) is 11.7. The number of nitrogens with zero attached hydrogens (tertiary/aromatic N) is 4. The molecule has 0 aliphatic heterocycles. The molecule has 2 rings (SSSR count). The third kappa shape index (κ3) is 2.60. The smallest absolute Gasteiger partial charge is 0.343 e. The molecule has 0 spiro atoms. The first-order chi connectivity index (χ1) is 9.17. The predicted octanol–water partition coefficient (Wildman–Crippen LogP) is 0.232. The van der Waals surface area contributed by atoms with E-state index in [9.17, 15) is 4.79 Å². The Hall–Kier alpha value is -2.29. The number of nitrogens with one attached hydrogen (secondary N) is 1. The van der Waals surface area contributed by atoms with Crippen LogP contribution >= 0.6 is 11.8 Å². The summed E-state index contributed by atoms with van der Waals surface area (Å²) in [7, 11) is 0. The molecular weight excluding hydrogens is 268 g/mol. The van der Waals surface area contributed by atoms with E-state index in [1.165, 1.54) is 22.5 Å². The lowest BCUT2D eigenvalue weighted by Gasteiger charge is -2.06. The van der Waals surface area contributed by atoms with Crippen LogP contribution in [0.2, 0.25) is 0 Å². The first-order valence-corrected chi connectivity index (χ1v) is 6.25. The fraction of sp³-hybridized carbons (Fsp3) is 0.200. The van der Waals surface area contributed by atoms with Crippen molar-refractivity contribution < 1.29 is 5.21 Å². The van der Waals surface area contributed by atoms with E-state index in [-0.39, 0.29) is 11.5 Å². The summed E-state index contributed by atoms with van der Waals surface area (Å²) >= 11 is 1.22. The molecule has 0 radical (unpaired) electrons. The Kier molecular flexibility index (Phi) is 3.85. The van der Waals surface area contributed by atoms with E-state index in [0.717, 1.165) is 0 Å². The second-order valence-corrected chi connectivity index (χ2v) is 4.50. The van der Waals surface area contributed by atoms with E-state index < -0.39 is 0 Å². The lowest BCUT2D eigenvalue weighted by molar-refractivity contribution is 0.318. The van der Waals surface area contributed by atoms with E-state index in [1.54, 1.807) is 12.1 Å². The van der Waals surface area contributed by atoms with Gasteiger partial charge in [0, 0.05) is 17.6 Å². The molecule has 2 aromatic rings. The van der Waals surface area contributed by atoms with Gasteiger partial charge in [0.2, 0.25) is 0 Å². The van der Waals surface area contributed by atoms with Crippen molar-refractivity contribution in [3.8, 4) is 0 Å². The molecule has 2 aromatic heterocycles. The van der Waals surface area contributed by atoms with Crippen molar-refractivity contribution in [2.75, 3.05) is 0 Å². The van der Waals surface area contributed by atoms with Crippen LogP contribution in [0.25, 0.3) is 0 Å². The van der Waals surface area contributed by atoms with Gasteiger partial charge in [-0.2, -0.15) is 0 Å². The highest BCUT2D eigenvalue weighted by molar-refractivity contribution is 7.99. The summed E-state index contributed by atoms with van der Waals surface area (Å²) in [5.74, 6) is -0.0935. The summed E-state index contributed by atoms with van der Waals surface area (Å²) in [6.07, 6.45) is 1.54. The van der Waals surface area contributed by atoms with Gasteiger partial charge in [-0.05, 0) is 30.8 Å². The molecule has 0 atom stereocenters. The maximum atomic E-state index is 11.5. The summed E-state index contributed by atoms with van der Waals surface area (Å²) in [6.45, 7) is 2.34. The Balaban J connectivity index is 2.41. The van der Waals surface area contributed by atoms with Crippen molar-refractivity contribution in [2.45, 2.75) is 23.5 Å². The van der Waals surface area contributed by atoms with Crippen molar-refractivity contribution in [3.63, 3.8) is 0 Å². The van der Waals surface area contributed by atoms with Crippen LogP contribution in [0.15, 0.2) is 38.3 Å². The minimum Gasteiger partial charge on any atom is -0.409 e. The maximum absolute atomic E-state index is 11.5. The number of rotatable bonds is 4. The molecule has 0 fully saturated rings. The average Bonchev–Trinajstić information content (AvgIpc) is 2.79. The Morgan fingerprint density at radius 3 is 3.16 bits per heavy atom. The van der Waals surface area contributed by atoms with Crippen molar-refractivity contribution >= 4 is 17.6 Å². The summed E-state index contributed by atoms with van der Waals surface area (Å²) in [5, 5.41) is 18.4. The highest BCUT2D eigenvalue weighted by atomic mass is 32.2. The zero-order valence-electron chi connectivity index (χ0n) is 10.1. The molecule has 0 amide bonds. The number of hydrogen-bond acceptors (Lipinski definition) is 6. The van der Waals surface area contributed by atoms with Crippen LogP contribution in [0.1, 0.15) is 12.6 Å². The van der Waals surface area contributed by atoms with Crippen molar-refractivity contribution in [2.24, 2.45) is 10.9 Å². The Labute approximate surface area is 112 Å². The van der Waals surface area contributed by atoms with Gasteiger partial charge in [0.1, 0.15) is 5.69 Å². The van der Waals surface area contributed by atoms with Gasteiger partial charge in [-0.15, -0.1) is 5.10 Å². The van der Waals surface area contributed by atoms with Crippen LogP contribution in [0.3, 0.4) is 0 Å². The monoisotopic (exact) mass is 280 g/mol. The molecule has 4 N–H and O–H groups in total. The van der Waals surface area contributed by atoms with Crippen molar-refractivity contribution in [1.82, 2.24) is 19.7 Å². The molecule has 0 saturated heterocycles. The summed E-state index contributed by atoms with van der Waals surface area (Å²) < 4.78 is 1.48. The number of pyridine rings is 1. The lowest BCUT2D eigenvalue weighted by atomic mass is 10.3. The number of oxime groups is 1. The van der Waals surface area contributed by atoms with Crippen LogP contribution < -0.4 is 11.4 Å². The summed E-state index contributed by atoms with van der Waals surface area (Å²) in [6, 6.07) is 3.47. The van der Waals surface area contributed by atoms with E-state index in [2.05, 4.69) is 20.3 Å². The molecule has 9 heteroatoms. The standard InChI is InChI=1S/C10H12N6O2S/c1-2-16-9(17)13-14-10(16)19-6-4-3-5-12-7(6)8(11)15-18/h3-5,18H,2H2,1H3,(H2,11,15)(H,13,17). The van der Waals surface area contributed by atoms with Gasteiger partial charge in [-0.3, -0.25) is 9.55 Å². The van der Waals surface area contributed by atoms with Crippen LogP contribution in [0.4, 0.5) is 0 Å². The van der Waals surface area contributed by atoms with Crippen LogP contribution in [0.5, 0.6) is 0 Å². The number of aromatic amines is 1. The molecule has 0 unspecified atom stereocenters. The highest BCUT2D eigenvalue weighted by Gasteiger charge is 2.14. The highest BCUT2D eigenvalue weighted by Crippen LogP contribution is 2.27. The van der Waals surface area contributed by atoms with E-state index in [4.69, 9.17) is 10.9 Å². The molecular formula is C10H12N6O2S. The largest absolute Gasteiger partial charge is 0.409 e. The SMILES string of the molecule is CCn1c(Sc2cccnc2/C(N)=N/O)n[nH]c1=O. The molecule has 0 bridgehead atoms. The molecule has 19 heavy (non-hydrogen) atoms. The third-order valence-electron chi connectivity index (χ3n) is 2.36. The van der Waals surface area contributed by atoms with Crippen LogP contribution in [-0.2, 0) is 6.54 Å². The number of hydrogen-bond donors (Lipinski definition) is 3. The van der Waals surface area contributed by atoms with E-state index >= 15 is 0 Å². The predicted molar refractivity (Wildman–Crippen MR) is 69.4 cm³/mol. The summed E-state index contributed by atoms with van der Waals surface area (Å²) in [4.78, 5) is 16.2. The number of H-pyrrole nitrogens is 1. The summed E-state index contributed by atoms with van der Waals surface area (Å²) in [5.41, 5.74) is 5.61. The average molecular weight is 280 g/mol. The Bertz CT molecular complexity index is 662. The number of amidine groups is 1. The lowest BCUT2D eigenvalue weighted by Crippen LogP contribution is -2.17. The molecule has 2 heterocycles. The topological polar surface area (TPSA) is 122 Å². The second-order valence-electron chi connectivity index (χ2n) is 3.49. The third-order valence-corrected chi connectivity index (χ3v) is 3.41. The molecule has 0 saturated carbocycles. The van der Waals surface area contributed by atoms with E-state index in [1.807, 2.05) is 6.92 Å². The van der Waals surface area contributed by atoms with Gasteiger partial charge in [0.25, 0.3) is 0 Å². The first-order valence-electron chi connectivity index (χ1n) is 5.43. The van der Waals surface area contributed by atoms with Gasteiger partial charge in [-0.1, -0.05) is 5.16 Å². The fourth-order valence-electron chi connectivity index (χ4n) is 1.47. The van der Waals surface area contributed by atoms with Crippen molar-refractivity contribution in [1.29, 1.82) is 0 Å². The fourth-order valence-corrected chi connectivity index (χ4v) is 2.48. The van der Waals surface area contributed by atoms with Crippen LogP contribution in [0, 0.1) is 0 Å². The number of aromatic nitrogens is 4. The maximum Gasteiger partial charge on any atom is 0.343 e. The molecule has 0 aliphatic rings. The van der Waals surface area contributed by atoms with Crippen molar-refractivity contribution in [3.05, 3.63) is 34.5 Å².